The van der Waals surface area contributed by atoms with E-state index in [4.69, 9.17) is 8.85 Å². The predicted octanol–water partition coefficient (Wildman–Crippen LogP) is 3.59. The van der Waals surface area contributed by atoms with Gasteiger partial charge in [-0.25, -0.2) is 0 Å². The molecule has 0 aromatic rings. The third kappa shape index (κ3) is 11.9. The number of hydrogen-bond acceptors (Lipinski definition) is 2. The summed E-state index contributed by atoms with van der Waals surface area (Å²) in [4.78, 5) is 0. The van der Waals surface area contributed by atoms with Gasteiger partial charge in [0.15, 0.2) is 8.32 Å². The topological polar surface area (TPSA) is 18.5 Å². The molecule has 0 fully saturated rings. The molecule has 0 saturated heterocycles. The first-order valence-electron chi connectivity index (χ1n) is 5.17. The van der Waals surface area contributed by atoms with E-state index in [0.29, 0.717) is 0 Å². The van der Waals surface area contributed by atoms with Crippen molar-refractivity contribution in [1.82, 2.24) is 0 Å². The molecule has 0 amide bonds. The fourth-order valence-electron chi connectivity index (χ4n) is 0.753. The summed E-state index contributed by atoms with van der Waals surface area (Å²) in [6.07, 6.45) is 4.84. The predicted molar refractivity (Wildman–Crippen MR) is 67.5 cm³/mol. The molecule has 0 aliphatic rings. The molecule has 14 heavy (non-hydrogen) atoms. The van der Waals surface area contributed by atoms with Gasteiger partial charge in [0.05, 0.1) is 6.26 Å². The summed E-state index contributed by atoms with van der Waals surface area (Å²) in [5.41, 5.74) is 0. The van der Waals surface area contributed by atoms with Gasteiger partial charge in [-0.3, -0.25) is 0 Å². The van der Waals surface area contributed by atoms with Gasteiger partial charge in [0.25, 0.3) is 0 Å². The summed E-state index contributed by atoms with van der Waals surface area (Å²) < 4.78 is 11.3. The Morgan fingerprint density at radius 2 is 1.50 bits per heavy atom. The van der Waals surface area contributed by atoms with Gasteiger partial charge in [-0.05, 0) is 51.8 Å². The van der Waals surface area contributed by atoms with Gasteiger partial charge < -0.3 is 8.85 Å². The molecule has 0 bridgehead atoms. The second-order valence-electron chi connectivity index (χ2n) is 5.35. The Bertz CT molecular complexity index is 178. The molecule has 0 aliphatic heterocycles. The van der Waals surface area contributed by atoms with Gasteiger partial charge in [-0.2, -0.15) is 0 Å². The normalized spacial score (nSPS) is 13.6. The molecule has 0 aliphatic carbocycles. The van der Waals surface area contributed by atoms with Crippen LogP contribution in [0.5, 0.6) is 0 Å². The quantitative estimate of drug-likeness (QED) is 0.396. The second kappa shape index (κ2) is 5.73. The summed E-state index contributed by atoms with van der Waals surface area (Å²) in [6.45, 7) is 14.0. The minimum atomic E-state index is -1.37. The summed E-state index contributed by atoms with van der Waals surface area (Å²) in [5.74, 6) is 0. The van der Waals surface area contributed by atoms with E-state index >= 15 is 0 Å². The Morgan fingerprint density at radius 1 is 0.929 bits per heavy atom. The van der Waals surface area contributed by atoms with E-state index in [1.54, 1.807) is 0 Å². The van der Waals surface area contributed by atoms with E-state index in [0.717, 1.165) is 13.0 Å². The molecule has 0 aromatic heterocycles. The molecule has 4 heteroatoms. The zero-order valence-corrected chi connectivity index (χ0v) is 12.4. The van der Waals surface area contributed by atoms with Gasteiger partial charge in [0.2, 0.25) is 8.32 Å². The average molecular weight is 232 g/mol. The van der Waals surface area contributed by atoms with E-state index in [9.17, 15) is 0 Å². The van der Waals surface area contributed by atoms with Gasteiger partial charge in [-0.1, -0.05) is 0 Å². The van der Waals surface area contributed by atoms with Crippen molar-refractivity contribution in [2.75, 3.05) is 6.61 Å². The Balaban J connectivity index is 3.46. The third-order valence-electron chi connectivity index (χ3n) is 1.34. The summed E-state index contributed by atoms with van der Waals surface area (Å²) in [6, 6.07) is 0. The summed E-state index contributed by atoms with van der Waals surface area (Å²) >= 11 is 0. The first-order valence-corrected chi connectivity index (χ1v) is 12.0. The average Bonchev–Trinajstić information content (AvgIpc) is 1.92. The highest BCUT2D eigenvalue weighted by Gasteiger charge is 2.13. The summed E-state index contributed by atoms with van der Waals surface area (Å²) in [5, 5.41) is 0. The van der Waals surface area contributed by atoms with E-state index in [-0.39, 0.29) is 0 Å². The number of hydrogen-bond donors (Lipinski definition) is 0. The SMILES string of the molecule is C[Si](C)(C)O/C=C/CCO[Si](C)(C)C. The molecule has 0 atom stereocenters. The standard InChI is InChI=1S/C10H24O2Si2/c1-13(2,3)11-9-7-8-10-12-14(4,5)6/h7,9H,8,10H2,1-6H3/b9-7+. The van der Waals surface area contributed by atoms with Crippen LogP contribution in [0.2, 0.25) is 39.3 Å². The summed E-state index contributed by atoms with van der Waals surface area (Å²) in [7, 11) is -2.69. The maximum atomic E-state index is 5.70. The molecule has 0 spiro atoms. The lowest BCUT2D eigenvalue weighted by molar-refractivity contribution is 0.317. The van der Waals surface area contributed by atoms with Crippen molar-refractivity contribution in [3.63, 3.8) is 0 Å². The molecular weight excluding hydrogens is 208 g/mol. The van der Waals surface area contributed by atoms with E-state index in [1.807, 2.05) is 6.26 Å². The minimum Gasteiger partial charge on any atom is -0.550 e. The van der Waals surface area contributed by atoms with E-state index in [1.165, 1.54) is 0 Å². The van der Waals surface area contributed by atoms with Gasteiger partial charge in [0, 0.05) is 6.61 Å². The number of rotatable bonds is 6. The Kier molecular flexibility index (Phi) is 5.70. The van der Waals surface area contributed by atoms with Crippen LogP contribution in [0.4, 0.5) is 0 Å². The van der Waals surface area contributed by atoms with Gasteiger partial charge in [0.1, 0.15) is 0 Å². The van der Waals surface area contributed by atoms with Crippen LogP contribution in [-0.2, 0) is 8.85 Å². The monoisotopic (exact) mass is 232 g/mol. The van der Waals surface area contributed by atoms with Crippen molar-refractivity contribution in [3.05, 3.63) is 12.3 Å². The minimum absolute atomic E-state index is 0.821. The smallest absolute Gasteiger partial charge is 0.241 e. The van der Waals surface area contributed by atoms with Crippen molar-refractivity contribution in [1.29, 1.82) is 0 Å². The first kappa shape index (κ1) is 13.9. The fourth-order valence-corrected chi connectivity index (χ4v) is 1.99. The molecular formula is C10H24O2Si2. The zero-order chi connectivity index (χ0) is 11.2. The van der Waals surface area contributed by atoms with Crippen molar-refractivity contribution in [2.45, 2.75) is 45.7 Å². The Labute approximate surface area is 90.6 Å². The first-order chi connectivity index (χ1) is 6.21. The molecule has 0 rings (SSSR count). The lowest BCUT2D eigenvalue weighted by atomic mass is 10.5. The van der Waals surface area contributed by atoms with Crippen molar-refractivity contribution < 1.29 is 8.85 Å². The second-order valence-corrected chi connectivity index (χ2v) is 14.3. The van der Waals surface area contributed by atoms with Crippen molar-refractivity contribution in [3.8, 4) is 0 Å². The van der Waals surface area contributed by atoms with Crippen LogP contribution in [0.1, 0.15) is 6.42 Å². The molecule has 0 radical (unpaired) electrons. The lowest BCUT2D eigenvalue weighted by Gasteiger charge is -2.16. The lowest BCUT2D eigenvalue weighted by Crippen LogP contribution is -2.25. The molecule has 2 nitrogen and oxygen atoms in total. The van der Waals surface area contributed by atoms with Crippen molar-refractivity contribution >= 4 is 16.6 Å². The van der Waals surface area contributed by atoms with Crippen LogP contribution in [0.15, 0.2) is 12.3 Å². The molecule has 0 heterocycles. The Hall–Kier alpha value is -0.0662. The fraction of sp³-hybridized carbons (Fsp3) is 0.800. The van der Waals surface area contributed by atoms with Gasteiger partial charge >= 0.3 is 0 Å². The molecule has 0 saturated carbocycles. The maximum Gasteiger partial charge on any atom is 0.241 e. The van der Waals surface area contributed by atoms with Crippen LogP contribution in [0.25, 0.3) is 0 Å². The highest BCUT2D eigenvalue weighted by Crippen LogP contribution is 2.05. The molecule has 84 valence electrons. The van der Waals surface area contributed by atoms with Crippen LogP contribution in [-0.4, -0.2) is 23.2 Å². The molecule has 0 aromatic carbocycles. The van der Waals surface area contributed by atoms with Crippen LogP contribution in [0, 0.1) is 0 Å². The van der Waals surface area contributed by atoms with Crippen molar-refractivity contribution in [2.24, 2.45) is 0 Å². The maximum absolute atomic E-state index is 5.70. The van der Waals surface area contributed by atoms with Crippen LogP contribution in [0.3, 0.4) is 0 Å². The highest BCUT2D eigenvalue weighted by molar-refractivity contribution is 6.70. The Morgan fingerprint density at radius 3 is 1.93 bits per heavy atom. The molecule has 0 N–H and O–H groups in total. The van der Waals surface area contributed by atoms with Gasteiger partial charge in [-0.15, -0.1) is 0 Å². The largest absolute Gasteiger partial charge is 0.550 e. The highest BCUT2D eigenvalue weighted by atomic mass is 28.4. The zero-order valence-electron chi connectivity index (χ0n) is 10.4. The van der Waals surface area contributed by atoms with E-state index in [2.05, 4.69) is 45.4 Å². The molecule has 0 unspecified atom stereocenters. The van der Waals surface area contributed by atoms with Crippen LogP contribution < -0.4 is 0 Å². The van der Waals surface area contributed by atoms with Crippen LogP contribution >= 0.6 is 0 Å². The van der Waals surface area contributed by atoms with E-state index < -0.39 is 16.6 Å². The third-order valence-corrected chi connectivity index (χ3v) is 3.25.